The summed E-state index contributed by atoms with van der Waals surface area (Å²) >= 11 is 0. The molecule has 64 valence electrons. The summed E-state index contributed by atoms with van der Waals surface area (Å²) in [5.74, 6) is -4.42. The first-order valence-electron chi connectivity index (χ1n) is 3.51. The topological polar surface area (TPSA) is 37.3 Å². The van der Waals surface area contributed by atoms with E-state index in [1.54, 1.807) is 0 Å². The van der Waals surface area contributed by atoms with Crippen molar-refractivity contribution >= 4 is 5.97 Å². The summed E-state index contributed by atoms with van der Waals surface area (Å²) in [7, 11) is 0. The first kappa shape index (κ1) is 8.43. The molecule has 0 unspecified atom stereocenters. The minimum absolute atomic E-state index is 0.0787. The van der Waals surface area contributed by atoms with Gasteiger partial charge in [0.25, 0.3) is 5.92 Å². The molecule has 0 saturated heterocycles. The third-order valence-corrected chi connectivity index (χ3v) is 2.45. The van der Waals surface area contributed by atoms with Crippen LogP contribution in [0.15, 0.2) is 0 Å². The lowest BCUT2D eigenvalue weighted by molar-refractivity contribution is -0.169. The highest BCUT2D eigenvalue weighted by molar-refractivity contribution is 5.76. The van der Waals surface area contributed by atoms with Gasteiger partial charge in [0.15, 0.2) is 0 Å². The van der Waals surface area contributed by atoms with Crippen molar-refractivity contribution in [2.45, 2.75) is 32.1 Å². The molecule has 1 rings (SSSR count). The van der Waals surface area contributed by atoms with Gasteiger partial charge in [0.1, 0.15) is 5.41 Å². The van der Waals surface area contributed by atoms with Crippen molar-refractivity contribution in [1.29, 1.82) is 0 Å². The first-order chi connectivity index (χ1) is 4.90. The molecule has 0 heterocycles. The molecule has 0 amide bonds. The van der Waals surface area contributed by atoms with Gasteiger partial charge in [0.2, 0.25) is 0 Å². The van der Waals surface area contributed by atoms with Crippen LogP contribution in [-0.4, -0.2) is 17.0 Å². The van der Waals surface area contributed by atoms with Crippen LogP contribution >= 0.6 is 0 Å². The fraction of sp³-hybridized carbons (Fsp3) is 0.857. The van der Waals surface area contributed by atoms with Gasteiger partial charge in [-0.15, -0.1) is 0 Å². The Morgan fingerprint density at radius 2 is 2.00 bits per heavy atom. The largest absolute Gasteiger partial charge is 0.481 e. The summed E-state index contributed by atoms with van der Waals surface area (Å²) in [6.07, 6.45) is 0.0843. The number of aliphatic carboxylic acids is 1. The molecule has 0 radical (unpaired) electrons. The molecule has 1 N–H and O–H groups in total. The van der Waals surface area contributed by atoms with Gasteiger partial charge in [-0.25, -0.2) is 8.78 Å². The van der Waals surface area contributed by atoms with E-state index < -0.39 is 17.3 Å². The minimum Gasteiger partial charge on any atom is -0.481 e. The lowest BCUT2D eigenvalue weighted by Crippen LogP contribution is -2.40. The second kappa shape index (κ2) is 2.16. The smallest absolute Gasteiger partial charge is 0.315 e. The average Bonchev–Trinajstić information content (AvgIpc) is 2.09. The van der Waals surface area contributed by atoms with Crippen molar-refractivity contribution in [2.75, 3.05) is 0 Å². The summed E-state index contributed by atoms with van der Waals surface area (Å²) in [4.78, 5) is 10.5. The zero-order chi connectivity index (χ0) is 8.70. The highest BCUT2D eigenvalue weighted by atomic mass is 19.3. The average molecular weight is 164 g/mol. The van der Waals surface area contributed by atoms with E-state index in [-0.39, 0.29) is 12.8 Å². The fourth-order valence-electron chi connectivity index (χ4n) is 1.39. The minimum atomic E-state index is -3.03. The van der Waals surface area contributed by atoms with Crippen molar-refractivity contribution in [2.24, 2.45) is 5.41 Å². The highest BCUT2D eigenvalue weighted by Gasteiger charge is 2.58. The van der Waals surface area contributed by atoms with Crippen LogP contribution in [0.3, 0.4) is 0 Å². The number of carboxylic acids is 1. The van der Waals surface area contributed by atoms with E-state index in [4.69, 9.17) is 5.11 Å². The molecule has 1 aliphatic carbocycles. The fourth-order valence-corrected chi connectivity index (χ4v) is 1.39. The van der Waals surface area contributed by atoms with Crippen LogP contribution in [-0.2, 0) is 4.79 Å². The van der Waals surface area contributed by atoms with Crippen LogP contribution in [0.4, 0.5) is 8.78 Å². The maximum absolute atomic E-state index is 12.9. The normalized spacial score (nSPS) is 35.5. The maximum Gasteiger partial charge on any atom is 0.315 e. The molecule has 1 fully saturated rings. The van der Waals surface area contributed by atoms with Crippen LogP contribution < -0.4 is 0 Å². The van der Waals surface area contributed by atoms with Gasteiger partial charge in [-0.05, 0) is 19.8 Å². The number of rotatable bonds is 1. The van der Waals surface area contributed by atoms with E-state index in [9.17, 15) is 13.6 Å². The first-order valence-corrected chi connectivity index (χ1v) is 3.51. The van der Waals surface area contributed by atoms with Crippen molar-refractivity contribution in [3.8, 4) is 0 Å². The Labute approximate surface area is 63.2 Å². The van der Waals surface area contributed by atoms with E-state index in [0.717, 1.165) is 6.92 Å². The molecule has 2 nitrogen and oxygen atoms in total. The summed E-state index contributed by atoms with van der Waals surface area (Å²) in [5.41, 5.74) is -1.83. The van der Waals surface area contributed by atoms with Crippen molar-refractivity contribution in [3.05, 3.63) is 0 Å². The third kappa shape index (κ3) is 1.01. The molecule has 0 aliphatic heterocycles. The van der Waals surface area contributed by atoms with Crippen molar-refractivity contribution in [3.63, 3.8) is 0 Å². The molecule has 0 bridgehead atoms. The molecular formula is C7H10F2O2. The molecule has 1 atom stereocenters. The van der Waals surface area contributed by atoms with Crippen LogP contribution in [0.2, 0.25) is 0 Å². The molecular weight excluding hydrogens is 154 g/mol. The van der Waals surface area contributed by atoms with Crippen LogP contribution in [0.25, 0.3) is 0 Å². The van der Waals surface area contributed by atoms with Crippen LogP contribution in [0.1, 0.15) is 26.2 Å². The standard InChI is InChI=1S/C7H10F2O2/c1-6(5(10)11)3-2-4-7(6,8)9/h2-4H2,1H3,(H,10,11)/t6-/m0/s1. The molecule has 0 aromatic heterocycles. The molecule has 4 heteroatoms. The van der Waals surface area contributed by atoms with E-state index >= 15 is 0 Å². The van der Waals surface area contributed by atoms with E-state index in [1.807, 2.05) is 0 Å². The molecule has 0 aromatic carbocycles. The van der Waals surface area contributed by atoms with E-state index in [1.165, 1.54) is 0 Å². The number of alkyl halides is 2. The van der Waals surface area contributed by atoms with Gasteiger partial charge in [0, 0.05) is 6.42 Å². The molecule has 11 heavy (non-hydrogen) atoms. The summed E-state index contributed by atoms with van der Waals surface area (Å²) in [6, 6.07) is 0. The predicted octanol–water partition coefficient (Wildman–Crippen LogP) is 1.90. The Morgan fingerprint density at radius 3 is 2.18 bits per heavy atom. The zero-order valence-corrected chi connectivity index (χ0v) is 6.23. The monoisotopic (exact) mass is 164 g/mol. The summed E-state index contributed by atoms with van der Waals surface area (Å²) in [6.45, 7) is 1.11. The Morgan fingerprint density at radius 1 is 1.45 bits per heavy atom. The number of halogens is 2. The van der Waals surface area contributed by atoms with Gasteiger partial charge >= 0.3 is 5.97 Å². The number of carbonyl (C=O) groups is 1. The van der Waals surface area contributed by atoms with Gasteiger partial charge in [-0.3, -0.25) is 4.79 Å². The Bertz CT molecular complexity index is 191. The van der Waals surface area contributed by atoms with Crippen molar-refractivity contribution in [1.82, 2.24) is 0 Å². The lowest BCUT2D eigenvalue weighted by Gasteiger charge is -2.25. The van der Waals surface area contributed by atoms with Gasteiger partial charge < -0.3 is 5.11 Å². The highest BCUT2D eigenvalue weighted by Crippen LogP contribution is 2.50. The number of hydrogen-bond acceptors (Lipinski definition) is 1. The maximum atomic E-state index is 12.9. The Balaban J connectivity index is 2.93. The molecule has 1 saturated carbocycles. The van der Waals surface area contributed by atoms with Gasteiger partial charge in [0.05, 0.1) is 0 Å². The van der Waals surface area contributed by atoms with Crippen LogP contribution in [0.5, 0.6) is 0 Å². The SMILES string of the molecule is C[C@@]1(C(=O)O)CCCC1(F)F. The third-order valence-electron chi connectivity index (χ3n) is 2.45. The number of hydrogen-bond donors (Lipinski definition) is 1. The Kier molecular flexibility index (Phi) is 1.65. The zero-order valence-electron chi connectivity index (χ0n) is 6.23. The summed E-state index contributed by atoms with van der Waals surface area (Å²) < 4.78 is 25.7. The van der Waals surface area contributed by atoms with Crippen molar-refractivity contribution < 1.29 is 18.7 Å². The van der Waals surface area contributed by atoms with Crippen LogP contribution in [0, 0.1) is 5.41 Å². The second-order valence-corrected chi connectivity index (χ2v) is 3.20. The Hall–Kier alpha value is -0.670. The lowest BCUT2D eigenvalue weighted by atomic mass is 9.86. The molecule has 0 spiro atoms. The van der Waals surface area contributed by atoms with E-state index in [2.05, 4.69) is 0 Å². The molecule has 0 aromatic rings. The predicted molar refractivity (Wildman–Crippen MR) is 34.5 cm³/mol. The van der Waals surface area contributed by atoms with Gasteiger partial charge in [-0.1, -0.05) is 0 Å². The summed E-state index contributed by atoms with van der Waals surface area (Å²) in [5, 5.41) is 8.53. The number of carboxylic acid groups (broad SMARTS) is 1. The quantitative estimate of drug-likeness (QED) is 0.642. The van der Waals surface area contributed by atoms with E-state index in [0.29, 0.717) is 6.42 Å². The van der Waals surface area contributed by atoms with Gasteiger partial charge in [-0.2, -0.15) is 0 Å². The second-order valence-electron chi connectivity index (χ2n) is 3.20. The molecule has 1 aliphatic rings.